The molecule has 1 unspecified atom stereocenters. The summed E-state index contributed by atoms with van der Waals surface area (Å²) in [6.45, 7) is 3.29. The van der Waals surface area contributed by atoms with E-state index in [4.69, 9.17) is 9.47 Å². The normalized spacial score (nSPS) is 13.5. The maximum absolute atomic E-state index is 13.0. The van der Waals surface area contributed by atoms with Crippen molar-refractivity contribution in [3.63, 3.8) is 0 Å². The molecule has 2 aromatic heterocycles. The molecule has 0 aromatic carbocycles. The highest BCUT2D eigenvalue weighted by atomic mass is 32.1. The quantitative estimate of drug-likeness (QED) is 0.521. The SMILES string of the molecule is COC(=O)C(CC(C)C)NC(=O)COC(=O)c1c(NC(=O)c2cccnc2)sc2c1CCCC2. The summed E-state index contributed by atoms with van der Waals surface area (Å²) in [5.41, 5.74) is 1.51. The largest absolute Gasteiger partial charge is 0.467 e. The summed E-state index contributed by atoms with van der Waals surface area (Å²) < 4.78 is 10.0. The van der Waals surface area contributed by atoms with Crippen LogP contribution in [0.5, 0.6) is 0 Å². The zero-order valence-corrected chi connectivity index (χ0v) is 20.3. The van der Waals surface area contributed by atoms with Crippen molar-refractivity contribution in [2.24, 2.45) is 5.92 Å². The number of methoxy groups -OCH3 is 1. The molecule has 0 saturated heterocycles. The number of aryl methyl sites for hydroxylation is 1. The second kappa shape index (κ2) is 11.7. The Labute approximate surface area is 202 Å². The van der Waals surface area contributed by atoms with Gasteiger partial charge in [0.05, 0.1) is 18.2 Å². The predicted octanol–water partition coefficient (Wildman–Crippen LogP) is 3.13. The van der Waals surface area contributed by atoms with E-state index in [1.54, 1.807) is 18.3 Å². The monoisotopic (exact) mass is 487 g/mol. The molecule has 0 spiro atoms. The molecule has 0 radical (unpaired) electrons. The molecule has 1 atom stereocenters. The highest BCUT2D eigenvalue weighted by Gasteiger charge is 2.29. The number of carbonyl (C=O) groups is 4. The van der Waals surface area contributed by atoms with Crippen LogP contribution in [0.15, 0.2) is 24.5 Å². The van der Waals surface area contributed by atoms with Gasteiger partial charge in [-0.3, -0.25) is 14.6 Å². The third-order valence-electron chi connectivity index (χ3n) is 5.39. The highest BCUT2D eigenvalue weighted by molar-refractivity contribution is 7.17. The summed E-state index contributed by atoms with van der Waals surface area (Å²) in [5, 5.41) is 5.77. The number of aromatic nitrogens is 1. The minimum absolute atomic E-state index is 0.148. The van der Waals surface area contributed by atoms with Crippen LogP contribution in [0.3, 0.4) is 0 Å². The first-order valence-corrected chi connectivity index (χ1v) is 12.0. The lowest BCUT2D eigenvalue weighted by atomic mass is 9.95. The average molecular weight is 488 g/mol. The van der Waals surface area contributed by atoms with Gasteiger partial charge in [-0.05, 0) is 55.7 Å². The Hall–Kier alpha value is -3.27. The van der Waals surface area contributed by atoms with Crippen LogP contribution in [0.4, 0.5) is 5.00 Å². The van der Waals surface area contributed by atoms with Crippen LogP contribution < -0.4 is 10.6 Å². The highest BCUT2D eigenvalue weighted by Crippen LogP contribution is 2.38. The number of ether oxygens (including phenoxy) is 2. The summed E-state index contributed by atoms with van der Waals surface area (Å²) in [5.74, 6) is -2.08. The Kier molecular flexibility index (Phi) is 8.75. The van der Waals surface area contributed by atoms with Crippen LogP contribution in [-0.2, 0) is 31.9 Å². The molecule has 0 fully saturated rings. The Morgan fingerprint density at radius 1 is 1.18 bits per heavy atom. The lowest BCUT2D eigenvalue weighted by molar-refractivity contribution is -0.145. The van der Waals surface area contributed by atoms with E-state index in [1.165, 1.54) is 24.6 Å². The van der Waals surface area contributed by atoms with Gasteiger partial charge >= 0.3 is 11.9 Å². The number of thiophene rings is 1. The zero-order chi connectivity index (χ0) is 24.7. The number of amides is 2. The third kappa shape index (κ3) is 6.40. The fraction of sp³-hybridized carbons (Fsp3) is 0.458. The number of carbonyl (C=O) groups excluding carboxylic acids is 4. The molecule has 1 aliphatic carbocycles. The van der Waals surface area contributed by atoms with Crippen molar-refractivity contribution in [3.8, 4) is 0 Å². The average Bonchev–Trinajstić information content (AvgIpc) is 3.19. The maximum Gasteiger partial charge on any atom is 0.341 e. The molecule has 1 aliphatic rings. The fourth-order valence-electron chi connectivity index (χ4n) is 3.81. The van der Waals surface area contributed by atoms with E-state index in [2.05, 4.69) is 15.6 Å². The van der Waals surface area contributed by atoms with Gasteiger partial charge in [0.1, 0.15) is 11.0 Å². The van der Waals surface area contributed by atoms with Gasteiger partial charge in [0.15, 0.2) is 6.61 Å². The van der Waals surface area contributed by atoms with Crippen LogP contribution in [0.2, 0.25) is 0 Å². The lowest BCUT2D eigenvalue weighted by Gasteiger charge is -2.18. The molecule has 9 nitrogen and oxygen atoms in total. The van der Waals surface area contributed by atoms with Gasteiger partial charge in [0.25, 0.3) is 11.8 Å². The number of nitrogens with zero attached hydrogens (tertiary/aromatic N) is 1. The van der Waals surface area contributed by atoms with Gasteiger partial charge < -0.3 is 20.1 Å². The number of fused-ring (bicyclic) bond motifs is 1. The molecule has 2 N–H and O–H groups in total. The smallest absolute Gasteiger partial charge is 0.341 e. The molecule has 0 aliphatic heterocycles. The zero-order valence-electron chi connectivity index (χ0n) is 19.5. The number of rotatable bonds is 9. The molecule has 34 heavy (non-hydrogen) atoms. The van der Waals surface area contributed by atoms with Crippen LogP contribution in [-0.4, -0.2) is 48.5 Å². The Morgan fingerprint density at radius 2 is 1.94 bits per heavy atom. The van der Waals surface area contributed by atoms with Gasteiger partial charge in [-0.25, -0.2) is 9.59 Å². The van der Waals surface area contributed by atoms with Crippen LogP contribution in [0.1, 0.15) is 64.3 Å². The first-order chi connectivity index (χ1) is 16.3. The topological polar surface area (TPSA) is 124 Å². The van der Waals surface area contributed by atoms with E-state index in [1.807, 2.05) is 13.8 Å². The second-order valence-electron chi connectivity index (χ2n) is 8.46. The Bertz CT molecular complexity index is 1050. The molecular weight excluding hydrogens is 458 g/mol. The molecule has 2 aromatic rings. The first kappa shape index (κ1) is 25.4. The summed E-state index contributed by atoms with van der Waals surface area (Å²) in [4.78, 5) is 55.0. The van der Waals surface area contributed by atoms with Crippen LogP contribution in [0, 0.1) is 5.92 Å². The number of nitrogens with one attached hydrogen (secondary N) is 2. The predicted molar refractivity (Wildman–Crippen MR) is 127 cm³/mol. The maximum atomic E-state index is 13.0. The van der Waals surface area contributed by atoms with Gasteiger partial charge in [0.2, 0.25) is 0 Å². The van der Waals surface area contributed by atoms with E-state index >= 15 is 0 Å². The van der Waals surface area contributed by atoms with Crippen LogP contribution >= 0.6 is 11.3 Å². The minimum Gasteiger partial charge on any atom is -0.467 e. The second-order valence-corrected chi connectivity index (χ2v) is 9.56. The molecule has 0 bridgehead atoms. The first-order valence-electron chi connectivity index (χ1n) is 11.2. The minimum atomic E-state index is -0.820. The molecule has 0 saturated carbocycles. The standard InChI is InChI=1S/C24H29N3O6S/c1-14(2)11-17(23(30)32-3)26-19(28)13-33-24(31)20-16-8-4-5-9-18(16)34-22(20)27-21(29)15-7-6-10-25-12-15/h6-7,10,12,14,17H,4-5,8-9,11,13H2,1-3H3,(H,26,28)(H,27,29). The van der Waals surface area contributed by atoms with Gasteiger partial charge in [-0.15, -0.1) is 11.3 Å². The molecular formula is C24H29N3O6S. The number of esters is 2. The molecule has 10 heteroatoms. The number of anilines is 1. The van der Waals surface area contributed by atoms with Crippen molar-refractivity contribution in [1.29, 1.82) is 0 Å². The fourth-order valence-corrected chi connectivity index (χ4v) is 5.08. The summed E-state index contributed by atoms with van der Waals surface area (Å²) in [6, 6.07) is 2.47. The van der Waals surface area contributed by atoms with Gasteiger partial charge in [-0.1, -0.05) is 13.8 Å². The Balaban J connectivity index is 1.72. The Morgan fingerprint density at radius 3 is 2.62 bits per heavy atom. The molecule has 2 heterocycles. The van der Waals surface area contributed by atoms with E-state index < -0.39 is 30.5 Å². The number of pyridine rings is 1. The van der Waals surface area contributed by atoms with E-state index in [-0.39, 0.29) is 17.4 Å². The van der Waals surface area contributed by atoms with E-state index in [0.29, 0.717) is 23.4 Å². The third-order valence-corrected chi connectivity index (χ3v) is 6.60. The summed E-state index contributed by atoms with van der Waals surface area (Å²) in [7, 11) is 1.25. The van der Waals surface area contributed by atoms with E-state index in [9.17, 15) is 19.2 Å². The van der Waals surface area contributed by atoms with Crippen molar-refractivity contribution in [3.05, 3.63) is 46.1 Å². The van der Waals surface area contributed by atoms with E-state index in [0.717, 1.165) is 29.7 Å². The van der Waals surface area contributed by atoms with Gasteiger partial charge in [0, 0.05) is 17.3 Å². The molecule has 182 valence electrons. The summed E-state index contributed by atoms with van der Waals surface area (Å²) >= 11 is 1.36. The number of hydrogen-bond donors (Lipinski definition) is 2. The molecule has 2 amide bonds. The molecule has 3 rings (SSSR count). The number of hydrogen-bond acceptors (Lipinski definition) is 8. The van der Waals surface area contributed by atoms with Crippen molar-refractivity contribution < 1.29 is 28.7 Å². The van der Waals surface area contributed by atoms with Crippen molar-refractivity contribution in [2.45, 2.75) is 52.0 Å². The van der Waals surface area contributed by atoms with Crippen LogP contribution in [0.25, 0.3) is 0 Å². The lowest BCUT2D eigenvalue weighted by Crippen LogP contribution is -2.44. The van der Waals surface area contributed by atoms with Crippen molar-refractivity contribution in [1.82, 2.24) is 10.3 Å². The summed E-state index contributed by atoms with van der Waals surface area (Å²) in [6.07, 6.45) is 6.86. The van der Waals surface area contributed by atoms with Gasteiger partial charge in [-0.2, -0.15) is 0 Å². The van der Waals surface area contributed by atoms with Crippen molar-refractivity contribution in [2.75, 3.05) is 19.0 Å². The van der Waals surface area contributed by atoms with Crippen molar-refractivity contribution >= 4 is 40.1 Å².